The quantitative estimate of drug-likeness (QED) is 0.518. The second kappa shape index (κ2) is 8.82. The Morgan fingerprint density at radius 3 is 2.16 bits per heavy atom. The summed E-state index contributed by atoms with van der Waals surface area (Å²) in [6.45, 7) is 8.37. The zero-order valence-corrected chi connectivity index (χ0v) is 15.2. The van der Waals surface area contributed by atoms with E-state index in [1.807, 2.05) is 27.7 Å². The molecule has 0 saturated heterocycles. The third-order valence-electron chi connectivity index (χ3n) is 3.47. The fraction of sp³-hybridized carbons (Fsp3) is 0.556. The van der Waals surface area contributed by atoms with E-state index in [2.05, 4.69) is 0 Å². The highest BCUT2D eigenvalue weighted by molar-refractivity contribution is 5.87. The van der Waals surface area contributed by atoms with E-state index in [1.165, 1.54) is 24.3 Å². The summed E-state index contributed by atoms with van der Waals surface area (Å²) >= 11 is 0. The van der Waals surface area contributed by atoms with Crippen molar-refractivity contribution in [2.24, 2.45) is 5.73 Å². The zero-order valence-electron chi connectivity index (χ0n) is 15.2. The van der Waals surface area contributed by atoms with Crippen LogP contribution in [0.1, 0.15) is 50.9 Å². The lowest BCUT2D eigenvalue weighted by Crippen LogP contribution is -2.35. The van der Waals surface area contributed by atoms with Crippen LogP contribution in [0.15, 0.2) is 24.3 Å². The van der Waals surface area contributed by atoms with Crippen molar-refractivity contribution in [2.75, 3.05) is 13.2 Å². The van der Waals surface area contributed by atoms with Gasteiger partial charge in [0.2, 0.25) is 0 Å². The average molecular weight is 353 g/mol. The Morgan fingerprint density at radius 1 is 1.04 bits per heavy atom. The van der Waals surface area contributed by atoms with E-state index in [1.54, 1.807) is 0 Å². The molecule has 0 radical (unpaired) electrons. The number of carbonyl (C=O) groups is 2. The Hall–Kier alpha value is -2.12. The van der Waals surface area contributed by atoms with Gasteiger partial charge in [0.25, 0.3) is 0 Å². The molecule has 0 heterocycles. The number of ether oxygens (including phenoxy) is 3. The molecular formula is C18H27NO6. The van der Waals surface area contributed by atoms with Gasteiger partial charge in [-0.15, -0.1) is 0 Å². The van der Waals surface area contributed by atoms with Crippen molar-refractivity contribution < 1.29 is 28.9 Å². The minimum absolute atomic E-state index is 0.111. The highest BCUT2D eigenvalue weighted by Crippen LogP contribution is 2.17. The molecule has 25 heavy (non-hydrogen) atoms. The predicted molar refractivity (Wildman–Crippen MR) is 92.9 cm³/mol. The van der Waals surface area contributed by atoms with Gasteiger partial charge in [-0.25, -0.2) is 9.59 Å². The molecule has 140 valence electrons. The van der Waals surface area contributed by atoms with E-state index >= 15 is 0 Å². The fourth-order valence-corrected chi connectivity index (χ4v) is 1.83. The monoisotopic (exact) mass is 353 g/mol. The molecule has 7 nitrogen and oxygen atoms in total. The third kappa shape index (κ3) is 9.07. The molecule has 3 N–H and O–H groups in total. The van der Waals surface area contributed by atoms with Crippen molar-refractivity contribution in [2.45, 2.75) is 51.7 Å². The standard InChI is InChI=1S/C18H27NO6/c1-17(2,19)9-12-24-18(3,4)10-11-23-16(22)25-14-7-5-13(6-8-14)15(20)21/h5-8H,9-12,19H2,1-4H3,(H,20,21). The van der Waals surface area contributed by atoms with Gasteiger partial charge in [0.05, 0.1) is 17.8 Å². The van der Waals surface area contributed by atoms with E-state index in [-0.39, 0.29) is 23.5 Å². The maximum atomic E-state index is 11.6. The highest BCUT2D eigenvalue weighted by atomic mass is 16.7. The molecule has 0 spiro atoms. The first-order valence-electron chi connectivity index (χ1n) is 8.09. The molecule has 0 amide bonds. The first-order valence-corrected chi connectivity index (χ1v) is 8.09. The smallest absolute Gasteiger partial charge is 0.478 e. The zero-order chi connectivity index (χ0) is 19.1. The minimum atomic E-state index is -1.05. The van der Waals surface area contributed by atoms with E-state index in [9.17, 15) is 9.59 Å². The van der Waals surface area contributed by atoms with Crippen LogP contribution in [-0.2, 0) is 9.47 Å². The van der Waals surface area contributed by atoms with Crippen LogP contribution in [0.2, 0.25) is 0 Å². The molecule has 0 aromatic heterocycles. The Balaban J connectivity index is 2.32. The van der Waals surface area contributed by atoms with Crippen molar-refractivity contribution >= 4 is 12.1 Å². The summed E-state index contributed by atoms with van der Waals surface area (Å²) in [7, 11) is 0. The third-order valence-corrected chi connectivity index (χ3v) is 3.47. The van der Waals surface area contributed by atoms with Gasteiger partial charge in [-0.3, -0.25) is 0 Å². The van der Waals surface area contributed by atoms with Crippen LogP contribution in [0, 0.1) is 0 Å². The molecule has 0 saturated carbocycles. The Morgan fingerprint density at radius 2 is 1.64 bits per heavy atom. The first-order chi connectivity index (χ1) is 11.5. The fourth-order valence-electron chi connectivity index (χ4n) is 1.83. The summed E-state index contributed by atoms with van der Waals surface area (Å²) in [5.74, 6) is -0.829. The maximum absolute atomic E-state index is 11.6. The SMILES string of the molecule is CC(C)(N)CCOC(C)(C)CCOC(=O)Oc1ccc(C(=O)O)cc1. The van der Waals surface area contributed by atoms with Crippen LogP contribution in [0.4, 0.5) is 4.79 Å². The number of benzene rings is 1. The van der Waals surface area contributed by atoms with Gasteiger partial charge in [-0.05, 0) is 58.4 Å². The van der Waals surface area contributed by atoms with Crippen LogP contribution in [0.3, 0.4) is 0 Å². The number of aromatic carboxylic acids is 1. The van der Waals surface area contributed by atoms with Crippen molar-refractivity contribution in [3.8, 4) is 5.75 Å². The van der Waals surface area contributed by atoms with Crippen molar-refractivity contribution in [3.63, 3.8) is 0 Å². The lowest BCUT2D eigenvalue weighted by molar-refractivity contribution is -0.0409. The number of carboxylic acid groups (broad SMARTS) is 1. The summed E-state index contributed by atoms with van der Waals surface area (Å²) in [6.07, 6.45) is 0.387. The van der Waals surface area contributed by atoms with Gasteiger partial charge in [-0.2, -0.15) is 0 Å². The van der Waals surface area contributed by atoms with Gasteiger partial charge < -0.3 is 25.1 Å². The molecule has 0 atom stereocenters. The van der Waals surface area contributed by atoms with E-state index < -0.39 is 17.7 Å². The molecule has 1 aromatic rings. The molecular weight excluding hydrogens is 326 g/mol. The molecule has 0 aliphatic rings. The number of rotatable bonds is 9. The van der Waals surface area contributed by atoms with Crippen LogP contribution in [-0.4, -0.2) is 41.6 Å². The second-order valence-electron chi connectivity index (χ2n) is 7.13. The van der Waals surface area contributed by atoms with Crippen LogP contribution >= 0.6 is 0 Å². The van der Waals surface area contributed by atoms with Crippen molar-refractivity contribution in [1.29, 1.82) is 0 Å². The summed E-state index contributed by atoms with van der Waals surface area (Å²) in [6, 6.07) is 5.49. The summed E-state index contributed by atoms with van der Waals surface area (Å²) in [5, 5.41) is 8.80. The molecule has 0 aliphatic heterocycles. The topological polar surface area (TPSA) is 108 Å². The number of carboxylic acids is 1. The Labute approximate surface area is 148 Å². The maximum Gasteiger partial charge on any atom is 0.513 e. The van der Waals surface area contributed by atoms with Gasteiger partial charge in [0.15, 0.2) is 0 Å². The minimum Gasteiger partial charge on any atom is -0.478 e. The number of hydrogen-bond acceptors (Lipinski definition) is 6. The molecule has 7 heteroatoms. The summed E-state index contributed by atoms with van der Waals surface area (Å²) in [5.41, 5.74) is 5.28. The summed E-state index contributed by atoms with van der Waals surface area (Å²) in [4.78, 5) is 22.4. The second-order valence-corrected chi connectivity index (χ2v) is 7.13. The number of carbonyl (C=O) groups excluding carboxylic acids is 1. The number of hydrogen-bond donors (Lipinski definition) is 2. The van der Waals surface area contributed by atoms with Crippen LogP contribution < -0.4 is 10.5 Å². The lowest BCUT2D eigenvalue weighted by atomic mass is 10.0. The van der Waals surface area contributed by atoms with Gasteiger partial charge in [0, 0.05) is 18.6 Å². The van der Waals surface area contributed by atoms with E-state index in [4.69, 9.17) is 25.1 Å². The molecule has 0 bridgehead atoms. The van der Waals surface area contributed by atoms with E-state index in [0.717, 1.165) is 6.42 Å². The van der Waals surface area contributed by atoms with Gasteiger partial charge in [0.1, 0.15) is 5.75 Å². The first kappa shape index (κ1) is 20.9. The van der Waals surface area contributed by atoms with Crippen molar-refractivity contribution in [1.82, 2.24) is 0 Å². The predicted octanol–water partition coefficient (Wildman–Crippen LogP) is 3.21. The van der Waals surface area contributed by atoms with Crippen LogP contribution in [0.5, 0.6) is 5.75 Å². The Bertz CT molecular complexity index is 574. The molecule has 1 rings (SSSR count). The lowest BCUT2D eigenvalue weighted by Gasteiger charge is -2.27. The van der Waals surface area contributed by atoms with Crippen LogP contribution in [0.25, 0.3) is 0 Å². The Kier molecular flexibility index (Phi) is 7.38. The van der Waals surface area contributed by atoms with E-state index in [0.29, 0.717) is 13.0 Å². The normalized spacial score (nSPS) is 11.9. The largest absolute Gasteiger partial charge is 0.513 e. The van der Waals surface area contributed by atoms with Crippen molar-refractivity contribution in [3.05, 3.63) is 29.8 Å². The number of nitrogens with two attached hydrogens (primary N) is 1. The molecule has 0 unspecified atom stereocenters. The molecule has 0 aliphatic carbocycles. The summed E-state index contributed by atoms with van der Waals surface area (Å²) < 4.78 is 15.8. The highest BCUT2D eigenvalue weighted by Gasteiger charge is 2.21. The van der Waals surface area contributed by atoms with Gasteiger partial charge >= 0.3 is 12.1 Å². The average Bonchev–Trinajstić information content (AvgIpc) is 2.45. The molecule has 0 fully saturated rings. The molecule has 1 aromatic carbocycles. The van der Waals surface area contributed by atoms with Gasteiger partial charge in [-0.1, -0.05) is 0 Å².